The number of hydrogen-bond acceptors (Lipinski definition) is 5. The van der Waals surface area contributed by atoms with Crippen molar-refractivity contribution >= 4 is 5.91 Å². The van der Waals surface area contributed by atoms with Crippen LogP contribution in [0.3, 0.4) is 0 Å². The second kappa shape index (κ2) is 8.52. The Hall–Kier alpha value is -2.73. The molecule has 148 valence electrons. The fourth-order valence-electron chi connectivity index (χ4n) is 3.61. The van der Waals surface area contributed by atoms with E-state index in [9.17, 15) is 4.79 Å². The average molecular weight is 382 g/mol. The second-order valence-electron chi connectivity index (χ2n) is 7.10. The lowest BCUT2D eigenvalue weighted by Crippen LogP contribution is -2.48. The van der Waals surface area contributed by atoms with Crippen LogP contribution < -0.4 is 14.2 Å². The second-order valence-corrected chi connectivity index (χ2v) is 7.10. The molecule has 2 aromatic rings. The third-order valence-electron chi connectivity index (χ3n) is 5.16. The third-order valence-corrected chi connectivity index (χ3v) is 5.16. The van der Waals surface area contributed by atoms with Gasteiger partial charge in [0, 0.05) is 32.7 Å². The quantitative estimate of drug-likeness (QED) is 0.769. The van der Waals surface area contributed by atoms with E-state index in [0.29, 0.717) is 19.8 Å². The van der Waals surface area contributed by atoms with Crippen LogP contribution in [-0.2, 0) is 17.8 Å². The van der Waals surface area contributed by atoms with Crippen LogP contribution in [0.5, 0.6) is 17.2 Å². The number of ether oxygens (including phenoxy) is 3. The maximum Gasteiger partial charge on any atom is 0.231 e. The third kappa shape index (κ3) is 4.39. The number of carbonyl (C=O) groups excluding carboxylic acids is 1. The molecule has 2 aliphatic heterocycles. The van der Waals surface area contributed by atoms with E-state index in [0.717, 1.165) is 55.5 Å². The summed E-state index contributed by atoms with van der Waals surface area (Å²) >= 11 is 0. The summed E-state index contributed by atoms with van der Waals surface area (Å²) in [6, 6.07) is 13.9. The van der Waals surface area contributed by atoms with Crippen molar-refractivity contribution in [3.8, 4) is 17.2 Å². The Labute approximate surface area is 165 Å². The van der Waals surface area contributed by atoms with Gasteiger partial charge in [-0.2, -0.15) is 0 Å². The SMILES string of the molecule is CCOc1ccc(CC(=O)N2CCN(Cc3ccc4c(c3)OCO4)CC2)cc1. The molecule has 2 heterocycles. The van der Waals surface area contributed by atoms with E-state index in [1.54, 1.807) is 0 Å². The minimum Gasteiger partial charge on any atom is -0.494 e. The van der Waals surface area contributed by atoms with Crippen LogP contribution in [0, 0.1) is 0 Å². The summed E-state index contributed by atoms with van der Waals surface area (Å²) in [7, 11) is 0. The van der Waals surface area contributed by atoms with Crippen molar-refractivity contribution in [1.29, 1.82) is 0 Å². The predicted octanol–water partition coefficient (Wildman–Crippen LogP) is 2.70. The number of carbonyl (C=O) groups is 1. The molecule has 0 bridgehead atoms. The number of nitrogens with zero attached hydrogens (tertiary/aromatic N) is 2. The Morgan fingerprint density at radius 1 is 0.964 bits per heavy atom. The zero-order valence-corrected chi connectivity index (χ0v) is 16.2. The number of fused-ring (bicyclic) bond motifs is 1. The Balaban J connectivity index is 1.26. The van der Waals surface area contributed by atoms with Gasteiger partial charge in [0.1, 0.15) is 5.75 Å². The van der Waals surface area contributed by atoms with Gasteiger partial charge in [0.2, 0.25) is 12.7 Å². The highest BCUT2D eigenvalue weighted by atomic mass is 16.7. The highest BCUT2D eigenvalue weighted by Gasteiger charge is 2.22. The minimum atomic E-state index is 0.187. The summed E-state index contributed by atoms with van der Waals surface area (Å²) in [4.78, 5) is 17.0. The van der Waals surface area contributed by atoms with Gasteiger partial charge in [0.15, 0.2) is 11.5 Å². The molecule has 0 aromatic heterocycles. The first-order chi connectivity index (χ1) is 13.7. The Kier molecular flexibility index (Phi) is 5.67. The maximum atomic E-state index is 12.6. The fraction of sp³-hybridized carbons (Fsp3) is 0.409. The van der Waals surface area contributed by atoms with Crippen LogP contribution in [0.2, 0.25) is 0 Å². The van der Waals surface area contributed by atoms with Crippen LogP contribution >= 0.6 is 0 Å². The van der Waals surface area contributed by atoms with E-state index < -0.39 is 0 Å². The predicted molar refractivity (Wildman–Crippen MR) is 106 cm³/mol. The molecule has 0 saturated carbocycles. The number of piperazine rings is 1. The highest BCUT2D eigenvalue weighted by Crippen LogP contribution is 2.32. The van der Waals surface area contributed by atoms with E-state index in [-0.39, 0.29) is 5.91 Å². The summed E-state index contributed by atoms with van der Waals surface area (Å²) in [6.45, 7) is 7.05. The lowest BCUT2D eigenvalue weighted by atomic mass is 10.1. The van der Waals surface area contributed by atoms with Crippen molar-refractivity contribution in [2.24, 2.45) is 0 Å². The van der Waals surface area contributed by atoms with Crippen molar-refractivity contribution in [3.05, 3.63) is 53.6 Å². The molecule has 0 unspecified atom stereocenters. The lowest BCUT2D eigenvalue weighted by Gasteiger charge is -2.35. The zero-order chi connectivity index (χ0) is 19.3. The van der Waals surface area contributed by atoms with Gasteiger partial charge in [-0.1, -0.05) is 18.2 Å². The van der Waals surface area contributed by atoms with Crippen LogP contribution in [0.4, 0.5) is 0 Å². The van der Waals surface area contributed by atoms with Gasteiger partial charge in [0.25, 0.3) is 0 Å². The van der Waals surface area contributed by atoms with Gasteiger partial charge >= 0.3 is 0 Å². The van der Waals surface area contributed by atoms with E-state index in [1.165, 1.54) is 5.56 Å². The molecule has 2 aromatic carbocycles. The molecule has 0 aliphatic carbocycles. The monoisotopic (exact) mass is 382 g/mol. The molecule has 6 heteroatoms. The van der Waals surface area contributed by atoms with Crippen LogP contribution in [0.25, 0.3) is 0 Å². The molecule has 0 atom stereocenters. The number of hydrogen-bond donors (Lipinski definition) is 0. The van der Waals surface area contributed by atoms with Gasteiger partial charge in [-0.3, -0.25) is 9.69 Å². The highest BCUT2D eigenvalue weighted by molar-refractivity contribution is 5.79. The number of amides is 1. The normalized spacial score (nSPS) is 16.2. The minimum absolute atomic E-state index is 0.187. The molecule has 6 nitrogen and oxygen atoms in total. The molecule has 1 amide bonds. The van der Waals surface area contributed by atoms with Crippen LogP contribution in [0.1, 0.15) is 18.1 Å². The van der Waals surface area contributed by atoms with E-state index >= 15 is 0 Å². The van der Waals surface area contributed by atoms with Gasteiger partial charge in [0.05, 0.1) is 13.0 Å². The molecule has 1 saturated heterocycles. The van der Waals surface area contributed by atoms with Crippen molar-refractivity contribution in [2.75, 3.05) is 39.6 Å². The molecule has 28 heavy (non-hydrogen) atoms. The van der Waals surface area contributed by atoms with Crippen molar-refractivity contribution in [2.45, 2.75) is 19.9 Å². The molecule has 0 N–H and O–H groups in total. The van der Waals surface area contributed by atoms with Gasteiger partial charge in [-0.15, -0.1) is 0 Å². The van der Waals surface area contributed by atoms with Crippen LogP contribution in [-0.4, -0.2) is 55.3 Å². The van der Waals surface area contributed by atoms with Crippen LogP contribution in [0.15, 0.2) is 42.5 Å². The lowest BCUT2D eigenvalue weighted by molar-refractivity contribution is -0.132. The summed E-state index contributed by atoms with van der Waals surface area (Å²) < 4.78 is 16.3. The van der Waals surface area contributed by atoms with Crippen molar-refractivity contribution in [1.82, 2.24) is 9.80 Å². The molecule has 2 aliphatic rings. The summed E-state index contributed by atoms with van der Waals surface area (Å²) in [5.74, 6) is 2.66. The number of benzene rings is 2. The summed E-state index contributed by atoms with van der Waals surface area (Å²) in [6.07, 6.45) is 0.439. The van der Waals surface area contributed by atoms with Gasteiger partial charge in [-0.25, -0.2) is 0 Å². The average Bonchev–Trinajstić information content (AvgIpc) is 3.18. The first-order valence-electron chi connectivity index (χ1n) is 9.81. The summed E-state index contributed by atoms with van der Waals surface area (Å²) in [5.41, 5.74) is 2.23. The first-order valence-corrected chi connectivity index (χ1v) is 9.81. The largest absolute Gasteiger partial charge is 0.494 e. The standard InChI is InChI=1S/C22H26N2O4/c1-2-26-19-6-3-17(4-7-19)14-22(25)24-11-9-23(10-12-24)15-18-5-8-20-21(13-18)28-16-27-20/h3-8,13H,2,9-12,14-16H2,1H3. The molecule has 4 rings (SSSR count). The topological polar surface area (TPSA) is 51.2 Å². The fourth-order valence-corrected chi connectivity index (χ4v) is 3.61. The number of rotatable bonds is 6. The van der Waals surface area contributed by atoms with Gasteiger partial charge in [-0.05, 0) is 42.3 Å². The summed E-state index contributed by atoms with van der Waals surface area (Å²) in [5, 5.41) is 0. The molecule has 1 fully saturated rings. The smallest absolute Gasteiger partial charge is 0.231 e. The van der Waals surface area contributed by atoms with Gasteiger partial charge < -0.3 is 19.1 Å². The molecular formula is C22H26N2O4. The Morgan fingerprint density at radius 2 is 1.68 bits per heavy atom. The Morgan fingerprint density at radius 3 is 2.43 bits per heavy atom. The molecule has 0 radical (unpaired) electrons. The zero-order valence-electron chi connectivity index (χ0n) is 16.2. The molecular weight excluding hydrogens is 356 g/mol. The Bertz CT molecular complexity index is 814. The maximum absolute atomic E-state index is 12.6. The van der Waals surface area contributed by atoms with E-state index in [4.69, 9.17) is 14.2 Å². The van der Waals surface area contributed by atoms with Crippen molar-refractivity contribution < 1.29 is 19.0 Å². The molecule has 0 spiro atoms. The van der Waals surface area contributed by atoms with E-state index in [1.807, 2.05) is 48.2 Å². The van der Waals surface area contributed by atoms with Crippen molar-refractivity contribution in [3.63, 3.8) is 0 Å². The van der Waals surface area contributed by atoms with E-state index in [2.05, 4.69) is 11.0 Å². The first kappa shape index (κ1) is 18.6.